The maximum Gasteiger partial charge on any atom is 0.263 e. The molecule has 2 heterocycles. The molecule has 4 aromatic carbocycles. The van der Waals surface area contributed by atoms with Crippen molar-refractivity contribution in [2.75, 3.05) is 20.4 Å². The number of hydrogen-bond acceptors (Lipinski definition) is 8. The zero-order valence-electron chi connectivity index (χ0n) is 28.4. The Bertz CT molecular complexity index is 2100. The van der Waals surface area contributed by atoms with Gasteiger partial charge in [0.05, 0.1) is 29.9 Å². The summed E-state index contributed by atoms with van der Waals surface area (Å²) in [6.07, 6.45) is 3.62. The molecule has 0 saturated heterocycles. The lowest BCUT2D eigenvalue weighted by Gasteiger charge is -2.31. The molecule has 5 aromatic rings. The van der Waals surface area contributed by atoms with Crippen molar-refractivity contribution in [2.45, 2.75) is 37.9 Å². The molecule has 1 atom stereocenters. The van der Waals surface area contributed by atoms with Gasteiger partial charge in [-0.2, -0.15) is 4.31 Å². The Morgan fingerprint density at radius 1 is 0.863 bits per heavy atom. The molecule has 0 spiro atoms. The number of carbonyl (C=O) groups is 2. The second-order valence-corrected chi connectivity index (χ2v) is 13.7. The zero-order chi connectivity index (χ0) is 36.0. The predicted molar refractivity (Wildman–Crippen MR) is 189 cm³/mol. The molecule has 0 bridgehead atoms. The number of carbonyl (C=O) groups excluding carboxylic acids is 2. The highest BCUT2D eigenvalue weighted by Gasteiger charge is 2.39. The number of rotatable bonds is 14. The molecule has 51 heavy (non-hydrogen) atoms. The topological polar surface area (TPSA) is 137 Å². The summed E-state index contributed by atoms with van der Waals surface area (Å²) in [5.41, 5.74) is 5.55. The minimum Gasteiger partial charge on any atom is -0.497 e. The summed E-state index contributed by atoms with van der Waals surface area (Å²) in [5.74, 6) is 0.178. The van der Waals surface area contributed by atoms with Crippen LogP contribution in [-0.2, 0) is 32.8 Å². The van der Waals surface area contributed by atoms with E-state index in [4.69, 9.17) is 19.0 Å². The van der Waals surface area contributed by atoms with Crippen LogP contribution in [0.1, 0.15) is 32.6 Å². The first kappa shape index (κ1) is 35.2. The smallest absolute Gasteiger partial charge is 0.263 e. The van der Waals surface area contributed by atoms with Gasteiger partial charge in [0.2, 0.25) is 16.8 Å². The molecule has 12 nitrogen and oxygen atoms in total. The first-order valence-corrected chi connectivity index (χ1v) is 17.6. The summed E-state index contributed by atoms with van der Waals surface area (Å²) in [5, 5.41) is 2.83. The molecule has 2 amide bonds. The van der Waals surface area contributed by atoms with Crippen molar-refractivity contribution >= 4 is 21.8 Å². The lowest BCUT2D eigenvalue weighted by atomic mass is 10.1. The van der Waals surface area contributed by atoms with Crippen molar-refractivity contribution in [3.8, 4) is 22.9 Å². The van der Waals surface area contributed by atoms with Gasteiger partial charge in [-0.1, -0.05) is 48.5 Å². The molecule has 1 aromatic heterocycles. The Morgan fingerprint density at radius 2 is 1.55 bits per heavy atom. The van der Waals surface area contributed by atoms with Crippen LogP contribution in [0.25, 0.3) is 5.69 Å². The van der Waals surface area contributed by atoms with E-state index < -0.39 is 34.4 Å². The first-order chi connectivity index (χ1) is 24.7. The molecule has 13 heteroatoms. The van der Waals surface area contributed by atoms with Gasteiger partial charge in [0, 0.05) is 25.5 Å². The van der Waals surface area contributed by atoms with E-state index >= 15 is 0 Å². The summed E-state index contributed by atoms with van der Waals surface area (Å²) < 4.78 is 49.0. The molecule has 1 aliphatic heterocycles. The fraction of sp³-hybridized carbons (Fsp3) is 0.211. The van der Waals surface area contributed by atoms with Gasteiger partial charge in [-0.3, -0.25) is 14.4 Å². The molecule has 264 valence electrons. The lowest BCUT2D eigenvalue weighted by molar-refractivity contribution is -0.138. The van der Waals surface area contributed by atoms with Gasteiger partial charge in [0.25, 0.3) is 11.8 Å². The minimum absolute atomic E-state index is 0.0105. The van der Waals surface area contributed by atoms with Crippen LogP contribution in [0, 0.1) is 13.8 Å². The van der Waals surface area contributed by atoms with Crippen molar-refractivity contribution < 1.29 is 37.1 Å². The number of aryl methyl sites for hydroxylation is 2. The van der Waals surface area contributed by atoms with E-state index in [1.165, 1.54) is 7.11 Å². The van der Waals surface area contributed by atoms with Crippen LogP contribution in [0.4, 0.5) is 0 Å². The molecule has 0 fully saturated rings. The summed E-state index contributed by atoms with van der Waals surface area (Å²) in [4.78, 5) is 33.5. The monoisotopic (exact) mass is 710 g/mol. The number of hydroxylamine groups is 1. The third kappa shape index (κ3) is 7.91. The Kier molecular flexibility index (Phi) is 10.7. The second-order valence-electron chi connectivity index (χ2n) is 11.9. The van der Waals surface area contributed by atoms with E-state index in [0.717, 1.165) is 9.87 Å². The van der Waals surface area contributed by atoms with Crippen LogP contribution in [0.5, 0.6) is 17.2 Å². The summed E-state index contributed by atoms with van der Waals surface area (Å²) in [7, 11) is -2.94. The summed E-state index contributed by atoms with van der Waals surface area (Å²) >= 11 is 0. The van der Waals surface area contributed by atoms with Crippen molar-refractivity contribution in [2.24, 2.45) is 0 Å². The Morgan fingerprint density at radius 3 is 2.27 bits per heavy atom. The number of nitrogens with zero attached hydrogens (tertiary/aromatic N) is 2. The van der Waals surface area contributed by atoms with Crippen LogP contribution in [0.15, 0.2) is 114 Å². The first-order valence-electron chi connectivity index (χ1n) is 16.2. The normalized spacial score (nSPS) is 12.8. The Balaban J connectivity index is 1.38. The number of sulfonamides is 1. The highest BCUT2D eigenvalue weighted by atomic mass is 32.2. The molecule has 0 unspecified atom stereocenters. The van der Waals surface area contributed by atoms with Crippen LogP contribution in [-0.4, -0.2) is 55.6 Å². The van der Waals surface area contributed by atoms with Crippen molar-refractivity contribution in [1.29, 1.82) is 0 Å². The summed E-state index contributed by atoms with van der Waals surface area (Å²) in [6.45, 7) is 2.75. The number of fused-ring (bicyclic) bond motifs is 1. The minimum atomic E-state index is -4.44. The number of nitrogens with one attached hydrogen (secondary N) is 2. The van der Waals surface area contributed by atoms with Gasteiger partial charge in [0.1, 0.15) is 11.8 Å². The molecule has 0 saturated carbocycles. The van der Waals surface area contributed by atoms with Gasteiger partial charge in [-0.25, -0.2) is 13.9 Å². The number of benzene rings is 4. The standard InChI is InChI=1S/C38H38N4O8S/c1-26-19-30(47-3)20-27(2)36(26)51(45,46)42(23-29-15-16-34-35(21-29)49-25-48-34)33(38(44)40-50-24-28-11-5-4-6-12-28)22-39-37(43)31-13-7-8-14-32(31)41-17-9-10-18-41/h4-21,33H,22-25H2,1-3H3,(H,39,43)(H,40,44)/t33-/m1/s1. The molecular weight excluding hydrogens is 673 g/mol. The third-order valence-electron chi connectivity index (χ3n) is 8.40. The van der Waals surface area contributed by atoms with Crippen LogP contribution in [0.2, 0.25) is 0 Å². The Hall–Kier alpha value is -5.63. The maximum absolute atomic E-state index is 14.9. The highest BCUT2D eigenvalue weighted by molar-refractivity contribution is 7.89. The number of methoxy groups -OCH3 is 1. The molecule has 0 aliphatic carbocycles. The van der Waals surface area contributed by atoms with E-state index in [9.17, 15) is 18.0 Å². The third-order valence-corrected chi connectivity index (χ3v) is 10.6. The quantitative estimate of drug-likeness (QED) is 0.153. The summed E-state index contributed by atoms with van der Waals surface area (Å²) in [6, 6.07) is 26.7. The zero-order valence-corrected chi connectivity index (χ0v) is 29.2. The second kappa shape index (κ2) is 15.5. The van der Waals surface area contributed by atoms with Crippen molar-refractivity contribution in [3.05, 3.63) is 137 Å². The SMILES string of the molecule is COc1cc(C)c(S(=O)(=O)N(Cc2ccc3c(c2)OCO3)[C@H](CNC(=O)c2ccccc2-n2cccc2)C(=O)NOCc2ccccc2)c(C)c1. The molecule has 0 radical (unpaired) electrons. The lowest BCUT2D eigenvalue weighted by Crippen LogP contribution is -2.54. The van der Waals surface area contributed by atoms with E-state index in [2.05, 4.69) is 10.8 Å². The largest absolute Gasteiger partial charge is 0.497 e. The number of aromatic nitrogens is 1. The fourth-order valence-electron chi connectivity index (χ4n) is 5.96. The number of hydrogen-bond donors (Lipinski definition) is 2. The maximum atomic E-state index is 14.9. The van der Waals surface area contributed by atoms with E-state index in [1.807, 2.05) is 60.9 Å². The number of ether oxygens (including phenoxy) is 3. The highest BCUT2D eigenvalue weighted by Crippen LogP contribution is 2.35. The molecular formula is C38H38N4O8S. The van der Waals surface area contributed by atoms with Gasteiger partial charge < -0.3 is 24.1 Å². The van der Waals surface area contributed by atoms with E-state index in [0.29, 0.717) is 45.2 Å². The van der Waals surface area contributed by atoms with Crippen LogP contribution in [0.3, 0.4) is 0 Å². The average molecular weight is 711 g/mol. The van der Waals surface area contributed by atoms with Crippen LogP contribution < -0.4 is 25.0 Å². The van der Waals surface area contributed by atoms with Gasteiger partial charge in [0.15, 0.2) is 11.5 Å². The average Bonchev–Trinajstić information content (AvgIpc) is 3.84. The predicted octanol–water partition coefficient (Wildman–Crippen LogP) is 5.07. The van der Waals surface area contributed by atoms with Gasteiger partial charge in [-0.15, -0.1) is 0 Å². The fourth-order valence-corrected chi connectivity index (χ4v) is 7.95. The number of para-hydroxylation sites is 1. The van der Waals surface area contributed by atoms with Crippen molar-refractivity contribution in [1.82, 2.24) is 19.7 Å². The molecule has 1 aliphatic rings. The van der Waals surface area contributed by atoms with Gasteiger partial charge >= 0.3 is 0 Å². The van der Waals surface area contributed by atoms with Crippen molar-refractivity contribution in [3.63, 3.8) is 0 Å². The van der Waals surface area contributed by atoms with Crippen LogP contribution >= 0.6 is 0 Å². The van der Waals surface area contributed by atoms with E-state index in [-0.39, 0.29) is 24.8 Å². The molecule has 2 N–H and O–H groups in total. The number of amides is 2. The van der Waals surface area contributed by atoms with Gasteiger partial charge in [-0.05, 0) is 84.6 Å². The van der Waals surface area contributed by atoms with E-state index in [1.54, 1.807) is 66.9 Å². The Labute approximate surface area is 296 Å². The molecule has 6 rings (SSSR count).